The lowest BCUT2D eigenvalue weighted by molar-refractivity contribution is -0.385. The van der Waals surface area contributed by atoms with E-state index >= 15 is 0 Å². The van der Waals surface area contributed by atoms with Crippen LogP contribution in [0.4, 0.5) is 5.69 Å². The van der Waals surface area contributed by atoms with E-state index in [1.807, 2.05) is 0 Å². The van der Waals surface area contributed by atoms with E-state index in [-0.39, 0.29) is 28.1 Å². The van der Waals surface area contributed by atoms with E-state index < -0.39 is 10.8 Å². The minimum absolute atomic E-state index is 0.0627. The van der Waals surface area contributed by atoms with Crippen LogP contribution in [0.5, 0.6) is 11.5 Å². The molecule has 0 unspecified atom stereocenters. The number of nitro groups is 1. The number of amides is 1. The molecule has 26 heavy (non-hydrogen) atoms. The van der Waals surface area contributed by atoms with Crippen LogP contribution in [0.3, 0.4) is 0 Å². The summed E-state index contributed by atoms with van der Waals surface area (Å²) in [6.07, 6.45) is 1.09. The molecule has 0 aliphatic heterocycles. The summed E-state index contributed by atoms with van der Waals surface area (Å²) in [5.74, 6) is -0.379. The Balaban J connectivity index is 1.97. The van der Waals surface area contributed by atoms with Gasteiger partial charge < -0.3 is 9.84 Å². The average Bonchev–Trinajstić information content (AvgIpc) is 2.57. The number of phenols is 1. The lowest BCUT2D eigenvalue weighted by Gasteiger charge is -2.07. The van der Waals surface area contributed by atoms with Crippen molar-refractivity contribution >= 4 is 61.3 Å². The molecule has 11 heteroatoms. The summed E-state index contributed by atoms with van der Waals surface area (Å²) < 4.78 is 6.04. The Morgan fingerprint density at radius 3 is 2.73 bits per heavy atom. The van der Waals surface area contributed by atoms with E-state index in [0.29, 0.717) is 15.2 Å². The Bertz CT molecular complexity index is 892. The van der Waals surface area contributed by atoms with Gasteiger partial charge in [0, 0.05) is 22.7 Å². The smallest absolute Gasteiger partial charge is 0.277 e. The van der Waals surface area contributed by atoms with Crippen LogP contribution in [0.2, 0.25) is 5.02 Å². The summed E-state index contributed by atoms with van der Waals surface area (Å²) in [7, 11) is 0. The second-order valence-electron chi connectivity index (χ2n) is 4.78. The van der Waals surface area contributed by atoms with Crippen molar-refractivity contribution in [1.29, 1.82) is 0 Å². The molecule has 136 valence electrons. The van der Waals surface area contributed by atoms with Gasteiger partial charge in [0.15, 0.2) is 6.61 Å². The Labute approximate surface area is 169 Å². The Morgan fingerprint density at radius 1 is 1.35 bits per heavy atom. The third kappa shape index (κ3) is 5.41. The zero-order valence-electron chi connectivity index (χ0n) is 12.8. The molecule has 2 aromatic carbocycles. The molecule has 8 nitrogen and oxygen atoms in total. The molecule has 2 aromatic rings. The third-order valence-corrected chi connectivity index (χ3v) is 4.39. The van der Waals surface area contributed by atoms with Crippen LogP contribution in [0.15, 0.2) is 44.4 Å². The zero-order chi connectivity index (χ0) is 19.3. The van der Waals surface area contributed by atoms with Crippen LogP contribution in [-0.2, 0) is 4.79 Å². The molecule has 0 saturated carbocycles. The molecule has 0 aromatic heterocycles. The molecule has 0 radical (unpaired) electrons. The summed E-state index contributed by atoms with van der Waals surface area (Å²) in [5, 5.41) is 24.9. The fourth-order valence-corrected chi connectivity index (χ4v) is 3.01. The standard InChI is InChI=1S/C15H10Br2ClN3O5/c16-11-4-9(18)1-2-13(11)26-7-14(22)20-19-6-8-3-10(21(24)25)5-12(17)15(8)23/h1-6,23H,7H2,(H,20,22). The predicted octanol–water partition coefficient (Wildman–Crippen LogP) is 4.01. The van der Waals surface area contributed by atoms with Gasteiger partial charge in [-0.05, 0) is 50.1 Å². The molecule has 0 fully saturated rings. The number of carbonyl (C=O) groups excluding carboxylic acids is 1. The van der Waals surface area contributed by atoms with Gasteiger partial charge in [-0.2, -0.15) is 5.10 Å². The molecule has 0 heterocycles. The highest BCUT2D eigenvalue weighted by Gasteiger charge is 2.13. The van der Waals surface area contributed by atoms with Gasteiger partial charge in [-0.1, -0.05) is 11.6 Å². The molecular weight excluding hydrogens is 497 g/mol. The lowest BCUT2D eigenvalue weighted by atomic mass is 10.2. The van der Waals surface area contributed by atoms with Crippen LogP contribution < -0.4 is 10.2 Å². The number of nitrogens with zero attached hydrogens (tertiary/aromatic N) is 2. The van der Waals surface area contributed by atoms with E-state index in [1.165, 1.54) is 0 Å². The maximum absolute atomic E-state index is 11.7. The Kier molecular flexibility index (Phi) is 6.95. The number of carbonyl (C=O) groups is 1. The van der Waals surface area contributed by atoms with Gasteiger partial charge in [-0.3, -0.25) is 14.9 Å². The first-order valence-electron chi connectivity index (χ1n) is 6.84. The lowest BCUT2D eigenvalue weighted by Crippen LogP contribution is -2.24. The highest BCUT2D eigenvalue weighted by Crippen LogP contribution is 2.31. The second kappa shape index (κ2) is 8.97. The van der Waals surface area contributed by atoms with Crippen molar-refractivity contribution < 1.29 is 19.6 Å². The quantitative estimate of drug-likeness (QED) is 0.348. The summed E-state index contributed by atoms with van der Waals surface area (Å²) in [6, 6.07) is 7.11. The molecule has 1 amide bonds. The highest BCUT2D eigenvalue weighted by molar-refractivity contribution is 9.10. The fourth-order valence-electron chi connectivity index (χ4n) is 1.75. The van der Waals surface area contributed by atoms with E-state index in [0.717, 1.165) is 18.3 Å². The number of aromatic hydroxyl groups is 1. The topological polar surface area (TPSA) is 114 Å². The van der Waals surface area contributed by atoms with Gasteiger partial charge in [0.1, 0.15) is 11.5 Å². The largest absolute Gasteiger partial charge is 0.506 e. The third-order valence-electron chi connectivity index (χ3n) is 2.93. The fraction of sp³-hybridized carbons (Fsp3) is 0.0667. The number of hydrogen-bond acceptors (Lipinski definition) is 6. The summed E-state index contributed by atoms with van der Waals surface area (Å²) in [4.78, 5) is 22.0. The van der Waals surface area contributed by atoms with Gasteiger partial charge in [-0.25, -0.2) is 5.43 Å². The van der Waals surface area contributed by atoms with Crippen molar-refractivity contribution in [3.8, 4) is 11.5 Å². The van der Waals surface area contributed by atoms with Crippen molar-refractivity contribution in [2.24, 2.45) is 5.10 Å². The number of halogens is 3. The molecule has 0 bridgehead atoms. The predicted molar refractivity (Wildman–Crippen MR) is 103 cm³/mol. The first kappa shape index (κ1) is 20.1. The molecule has 0 atom stereocenters. The van der Waals surface area contributed by atoms with Crippen molar-refractivity contribution in [2.75, 3.05) is 6.61 Å². The SMILES string of the molecule is O=C(COc1ccc(Cl)cc1Br)NN=Cc1cc([N+](=O)[O-])cc(Br)c1O. The number of non-ortho nitro benzene ring substituents is 1. The van der Waals surface area contributed by atoms with Gasteiger partial charge in [0.25, 0.3) is 11.6 Å². The van der Waals surface area contributed by atoms with E-state index in [4.69, 9.17) is 16.3 Å². The van der Waals surface area contributed by atoms with Crippen molar-refractivity contribution in [3.05, 3.63) is 60.0 Å². The maximum Gasteiger partial charge on any atom is 0.277 e. The van der Waals surface area contributed by atoms with Gasteiger partial charge >= 0.3 is 0 Å². The molecule has 0 aliphatic rings. The first-order valence-corrected chi connectivity index (χ1v) is 8.81. The van der Waals surface area contributed by atoms with E-state index in [9.17, 15) is 20.0 Å². The van der Waals surface area contributed by atoms with E-state index in [2.05, 4.69) is 42.4 Å². The zero-order valence-corrected chi connectivity index (χ0v) is 16.7. The minimum atomic E-state index is -0.613. The number of benzene rings is 2. The summed E-state index contributed by atoms with van der Waals surface area (Å²) in [5.41, 5.74) is 2.02. The average molecular weight is 508 g/mol. The number of phenolic OH excluding ortho intramolecular Hbond substituents is 1. The number of hydrogen-bond donors (Lipinski definition) is 2. The number of nitrogens with one attached hydrogen (secondary N) is 1. The van der Waals surface area contributed by atoms with Crippen LogP contribution in [-0.4, -0.2) is 28.8 Å². The number of nitro benzene ring substituents is 1. The van der Waals surface area contributed by atoms with Crippen molar-refractivity contribution in [1.82, 2.24) is 5.43 Å². The van der Waals surface area contributed by atoms with Crippen LogP contribution in [0, 0.1) is 10.1 Å². The summed E-state index contributed by atoms with van der Waals surface area (Å²) in [6.45, 7) is -0.317. The molecule has 0 spiro atoms. The van der Waals surface area contributed by atoms with Crippen LogP contribution in [0.1, 0.15) is 5.56 Å². The van der Waals surface area contributed by atoms with Gasteiger partial charge in [0.2, 0.25) is 0 Å². The van der Waals surface area contributed by atoms with Crippen LogP contribution in [0.25, 0.3) is 0 Å². The maximum atomic E-state index is 11.7. The second-order valence-corrected chi connectivity index (χ2v) is 6.92. The Hall–Kier alpha value is -2.17. The van der Waals surface area contributed by atoms with E-state index in [1.54, 1.807) is 18.2 Å². The van der Waals surface area contributed by atoms with Gasteiger partial charge in [-0.15, -0.1) is 0 Å². The molecule has 2 rings (SSSR count). The normalized spacial score (nSPS) is 10.7. The molecule has 2 N–H and O–H groups in total. The van der Waals surface area contributed by atoms with Crippen LogP contribution >= 0.6 is 43.5 Å². The molecular formula is C15H10Br2ClN3O5. The number of hydrazone groups is 1. The van der Waals surface area contributed by atoms with Crippen molar-refractivity contribution in [3.63, 3.8) is 0 Å². The first-order chi connectivity index (χ1) is 12.3. The summed E-state index contributed by atoms with van der Waals surface area (Å²) >= 11 is 12.1. The van der Waals surface area contributed by atoms with Gasteiger partial charge in [0.05, 0.1) is 20.1 Å². The molecule has 0 aliphatic carbocycles. The molecule has 0 saturated heterocycles. The number of ether oxygens (including phenoxy) is 1. The minimum Gasteiger partial charge on any atom is -0.506 e. The Morgan fingerprint density at radius 2 is 2.08 bits per heavy atom. The number of rotatable bonds is 6. The monoisotopic (exact) mass is 505 g/mol. The highest BCUT2D eigenvalue weighted by atomic mass is 79.9. The van der Waals surface area contributed by atoms with Crippen molar-refractivity contribution in [2.45, 2.75) is 0 Å².